The molecule has 0 aromatic carbocycles. The number of ketones is 1. The number of ether oxygens (including phenoxy) is 1. The van der Waals surface area contributed by atoms with E-state index < -0.39 is 68.5 Å². The van der Waals surface area contributed by atoms with Crippen LogP contribution >= 0.6 is 0 Å². The van der Waals surface area contributed by atoms with Crippen molar-refractivity contribution in [2.24, 2.45) is 11.8 Å². The van der Waals surface area contributed by atoms with Crippen LogP contribution in [-0.2, 0) is 14.3 Å². The Kier molecular flexibility index (Phi) is 10.4. The summed E-state index contributed by atoms with van der Waals surface area (Å²) in [5.41, 5.74) is 0. The Balaban J connectivity index is 2.70. The zero-order chi connectivity index (χ0) is 25.9. The van der Waals surface area contributed by atoms with Gasteiger partial charge in [0.1, 0.15) is 18.5 Å². The fourth-order valence-electron chi connectivity index (χ4n) is 3.25. The number of Topliss-reactive ketones (excluding diaryl/α,β-unsaturated/α-hetero) is 1. The van der Waals surface area contributed by atoms with E-state index in [0.717, 1.165) is 19.3 Å². The first-order chi connectivity index (χ1) is 15.9. The molecule has 1 unspecified atom stereocenters. The van der Waals surface area contributed by atoms with E-state index >= 15 is 0 Å². The highest BCUT2D eigenvalue weighted by molar-refractivity contribution is 5.84. The fourth-order valence-corrected chi connectivity index (χ4v) is 3.25. The first kappa shape index (κ1) is 20.4. The van der Waals surface area contributed by atoms with Crippen LogP contribution in [0.25, 0.3) is 0 Å². The molecule has 0 aromatic rings. The molecule has 30 heavy (non-hydrogen) atoms. The second-order valence-electron chi connectivity index (χ2n) is 7.52. The third-order valence-electron chi connectivity index (χ3n) is 4.98. The predicted molar refractivity (Wildman–Crippen MR) is 114 cm³/mol. The van der Waals surface area contributed by atoms with E-state index in [2.05, 4.69) is 11.7 Å². The monoisotopic (exact) mass is 430 g/mol. The van der Waals surface area contributed by atoms with E-state index in [9.17, 15) is 24.9 Å². The molecule has 0 aliphatic heterocycles. The lowest BCUT2D eigenvalue weighted by Gasteiger charge is -2.16. The normalized spacial score (nSPS) is 27.0. The minimum absolute atomic E-state index is 0.00560. The average molecular weight is 431 g/mol. The molecule has 0 amide bonds. The predicted octanol–water partition coefficient (Wildman–Crippen LogP) is 2.06. The molecule has 1 aliphatic rings. The second kappa shape index (κ2) is 15.3. The average Bonchev–Trinajstić information content (AvgIpc) is 3.05. The SMILES string of the molecule is [2H]C([2H])(C/C=C\C[C@H]1C(=O)C[C@@H](O)[C@@H]1/C=C/[C@@H](O)CCCCC)C([2H])([2H])C(=O)OCC(O)CO. The summed E-state index contributed by atoms with van der Waals surface area (Å²) in [7, 11) is 0. The van der Waals surface area contributed by atoms with Crippen LogP contribution in [-0.4, -0.2) is 63.7 Å². The fraction of sp³-hybridized carbons (Fsp3) is 0.739. The van der Waals surface area contributed by atoms with Gasteiger partial charge in [0.25, 0.3) is 0 Å². The van der Waals surface area contributed by atoms with Crippen LogP contribution < -0.4 is 0 Å². The molecule has 0 aromatic heterocycles. The highest BCUT2D eigenvalue weighted by Crippen LogP contribution is 2.33. The summed E-state index contributed by atoms with van der Waals surface area (Å²) in [6.07, 6.45) is 0.828. The maximum atomic E-state index is 12.3. The van der Waals surface area contributed by atoms with Crippen molar-refractivity contribution in [2.75, 3.05) is 13.2 Å². The second-order valence-corrected chi connectivity index (χ2v) is 7.52. The van der Waals surface area contributed by atoms with Crippen molar-refractivity contribution < 1.29 is 40.2 Å². The van der Waals surface area contributed by atoms with Crippen LogP contribution in [0.3, 0.4) is 0 Å². The molecule has 4 N–H and O–H groups in total. The molecular weight excluding hydrogens is 388 g/mol. The Morgan fingerprint density at radius 1 is 1.33 bits per heavy atom. The van der Waals surface area contributed by atoms with Crippen LogP contribution in [0.2, 0.25) is 0 Å². The number of esters is 1. The number of aliphatic hydroxyl groups is 4. The van der Waals surface area contributed by atoms with Gasteiger partial charge in [-0.15, -0.1) is 0 Å². The lowest BCUT2D eigenvalue weighted by molar-refractivity contribution is -0.147. The molecule has 0 bridgehead atoms. The largest absolute Gasteiger partial charge is 0.463 e. The standard InChI is InChI=1S/C23H38O7/c1-2-3-6-9-17(25)12-13-20-19(21(27)14-22(20)28)10-7-4-5-8-11-23(29)30-16-18(26)15-24/h4,7,12-13,17-20,22,24-26,28H,2-3,5-6,8-11,14-16H2,1H3/b7-4-,13-12+/t17-,18?,19+,20+,22+/m0/s1/i8D2,11D2. The Morgan fingerprint density at radius 3 is 2.80 bits per heavy atom. The van der Waals surface area contributed by atoms with Gasteiger partial charge in [-0.25, -0.2) is 0 Å². The minimum atomic E-state index is -3.01. The third kappa shape index (κ3) is 10.5. The van der Waals surface area contributed by atoms with Crippen molar-refractivity contribution in [3.63, 3.8) is 0 Å². The molecule has 0 spiro atoms. The van der Waals surface area contributed by atoms with E-state index in [1.54, 1.807) is 12.2 Å². The summed E-state index contributed by atoms with van der Waals surface area (Å²) in [6, 6.07) is 0. The van der Waals surface area contributed by atoms with Gasteiger partial charge in [0, 0.05) is 30.1 Å². The highest BCUT2D eigenvalue weighted by Gasteiger charge is 2.39. The molecule has 1 saturated carbocycles. The highest BCUT2D eigenvalue weighted by atomic mass is 16.5. The van der Waals surface area contributed by atoms with Gasteiger partial charge in [-0.1, -0.05) is 50.5 Å². The van der Waals surface area contributed by atoms with Crippen molar-refractivity contribution in [1.82, 2.24) is 0 Å². The lowest BCUT2D eigenvalue weighted by Crippen LogP contribution is -2.21. The number of hydrogen-bond acceptors (Lipinski definition) is 7. The van der Waals surface area contributed by atoms with Crippen molar-refractivity contribution in [3.05, 3.63) is 24.3 Å². The zero-order valence-electron chi connectivity index (χ0n) is 21.6. The number of hydrogen-bond donors (Lipinski definition) is 4. The number of allylic oxidation sites excluding steroid dienone is 2. The molecule has 0 radical (unpaired) electrons. The molecule has 7 heteroatoms. The first-order valence-corrected chi connectivity index (χ1v) is 10.6. The summed E-state index contributed by atoms with van der Waals surface area (Å²) < 4.78 is 36.1. The van der Waals surface area contributed by atoms with E-state index in [1.807, 2.05) is 0 Å². The van der Waals surface area contributed by atoms with Crippen molar-refractivity contribution >= 4 is 11.8 Å². The molecular formula is C23H38O7. The lowest BCUT2D eigenvalue weighted by atomic mass is 9.90. The molecule has 7 nitrogen and oxygen atoms in total. The van der Waals surface area contributed by atoms with Gasteiger partial charge in [-0.2, -0.15) is 0 Å². The number of carbonyl (C=O) groups excluding carboxylic acids is 2. The summed E-state index contributed by atoms with van der Waals surface area (Å²) in [5.74, 6) is -2.65. The summed E-state index contributed by atoms with van der Waals surface area (Å²) in [6.45, 7) is 0.722. The first-order valence-electron chi connectivity index (χ1n) is 12.6. The van der Waals surface area contributed by atoms with E-state index in [4.69, 9.17) is 10.6 Å². The quantitative estimate of drug-likeness (QED) is 0.178. The number of unbranched alkanes of at least 4 members (excludes halogenated alkanes) is 2. The summed E-state index contributed by atoms with van der Waals surface area (Å²) in [5, 5.41) is 38.3. The molecule has 0 saturated heterocycles. The Labute approximate surface area is 185 Å². The van der Waals surface area contributed by atoms with E-state index in [1.165, 1.54) is 12.2 Å². The van der Waals surface area contributed by atoms with Gasteiger partial charge in [0.2, 0.25) is 0 Å². The molecule has 0 heterocycles. The third-order valence-corrected chi connectivity index (χ3v) is 4.98. The smallest absolute Gasteiger partial charge is 0.305 e. The molecule has 1 rings (SSSR count). The summed E-state index contributed by atoms with van der Waals surface area (Å²) in [4.78, 5) is 24.3. The Morgan fingerprint density at radius 2 is 2.10 bits per heavy atom. The van der Waals surface area contributed by atoms with Crippen molar-refractivity contribution in [2.45, 2.75) is 82.9 Å². The van der Waals surface area contributed by atoms with Gasteiger partial charge in [-0.3, -0.25) is 9.59 Å². The topological polar surface area (TPSA) is 124 Å². The maximum absolute atomic E-state index is 12.3. The van der Waals surface area contributed by atoms with E-state index in [-0.39, 0.29) is 18.6 Å². The molecule has 5 atom stereocenters. The van der Waals surface area contributed by atoms with Crippen LogP contribution in [0.1, 0.15) is 70.1 Å². The van der Waals surface area contributed by atoms with Crippen molar-refractivity contribution in [1.29, 1.82) is 0 Å². The van der Waals surface area contributed by atoms with Gasteiger partial charge >= 0.3 is 5.97 Å². The van der Waals surface area contributed by atoms with Crippen molar-refractivity contribution in [3.8, 4) is 0 Å². The van der Waals surface area contributed by atoms with Crippen LogP contribution in [0, 0.1) is 11.8 Å². The van der Waals surface area contributed by atoms with Crippen LogP contribution in [0.5, 0.6) is 0 Å². The summed E-state index contributed by atoms with van der Waals surface area (Å²) >= 11 is 0. The van der Waals surface area contributed by atoms with Gasteiger partial charge in [0.15, 0.2) is 0 Å². The van der Waals surface area contributed by atoms with Crippen LogP contribution in [0.15, 0.2) is 24.3 Å². The number of aliphatic hydroxyl groups excluding tert-OH is 4. The number of rotatable bonds is 15. The van der Waals surface area contributed by atoms with Gasteiger partial charge in [-0.05, 0) is 25.6 Å². The minimum Gasteiger partial charge on any atom is -0.463 e. The molecule has 1 fully saturated rings. The Bertz CT molecular complexity index is 711. The molecule has 1 aliphatic carbocycles. The van der Waals surface area contributed by atoms with Gasteiger partial charge in [0.05, 0.1) is 18.8 Å². The Hall–Kier alpha value is -1.54. The van der Waals surface area contributed by atoms with Gasteiger partial charge < -0.3 is 25.2 Å². The molecule has 172 valence electrons. The maximum Gasteiger partial charge on any atom is 0.305 e. The van der Waals surface area contributed by atoms with Crippen LogP contribution in [0.4, 0.5) is 0 Å². The number of carbonyl (C=O) groups is 2. The van der Waals surface area contributed by atoms with E-state index in [0.29, 0.717) is 6.42 Å². The zero-order valence-corrected chi connectivity index (χ0v) is 17.6.